The zero-order valence-corrected chi connectivity index (χ0v) is 10.6. The Balaban J connectivity index is 1.87. The van der Waals surface area contributed by atoms with Crippen LogP contribution < -0.4 is 11.1 Å². The molecule has 1 fully saturated rings. The van der Waals surface area contributed by atoms with Crippen LogP contribution in [0.15, 0.2) is 6.33 Å². The molecule has 4 heteroatoms. The van der Waals surface area contributed by atoms with Gasteiger partial charge in [-0.3, -0.25) is 0 Å². The number of nitrogens with two attached hydrogens (primary N) is 1. The summed E-state index contributed by atoms with van der Waals surface area (Å²) in [6, 6.07) is 0. The molecule has 1 aromatic heterocycles. The summed E-state index contributed by atoms with van der Waals surface area (Å²) in [7, 11) is 0. The molecule has 0 radical (unpaired) electrons. The number of nitrogen functional groups attached to an aromatic ring is 1. The molecule has 1 aliphatic rings. The molecule has 1 aliphatic carbocycles. The van der Waals surface area contributed by atoms with Gasteiger partial charge in [-0.1, -0.05) is 32.6 Å². The Morgan fingerprint density at radius 2 is 2.12 bits per heavy atom. The Bertz CT molecular complexity index is 358. The quantitative estimate of drug-likeness (QED) is 0.822. The molecule has 0 bridgehead atoms. The van der Waals surface area contributed by atoms with E-state index in [2.05, 4.69) is 22.2 Å². The van der Waals surface area contributed by atoms with Gasteiger partial charge in [0.15, 0.2) is 0 Å². The molecule has 0 atom stereocenters. The van der Waals surface area contributed by atoms with Gasteiger partial charge in [-0.15, -0.1) is 0 Å². The molecule has 17 heavy (non-hydrogen) atoms. The highest BCUT2D eigenvalue weighted by molar-refractivity contribution is 5.54. The van der Waals surface area contributed by atoms with Crippen LogP contribution in [0.3, 0.4) is 0 Å². The fraction of sp³-hybridized carbons (Fsp3) is 0.692. The van der Waals surface area contributed by atoms with Gasteiger partial charge in [-0.25, -0.2) is 9.97 Å². The number of nitrogens with one attached hydrogen (secondary N) is 1. The Hall–Kier alpha value is -1.32. The minimum Gasteiger partial charge on any atom is -0.383 e. The number of hydrogen-bond donors (Lipinski definition) is 2. The SMILES string of the molecule is CCc1c(N)ncnc1NCCC1CCCC1. The Morgan fingerprint density at radius 1 is 1.35 bits per heavy atom. The molecule has 0 unspecified atom stereocenters. The summed E-state index contributed by atoms with van der Waals surface area (Å²) in [6.07, 6.45) is 9.26. The van der Waals surface area contributed by atoms with E-state index in [0.717, 1.165) is 30.3 Å². The van der Waals surface area contributed by atoms with Crippen LogP contribution in [0.2, 0.25) is 0 Å². The van der Waals surface area contributed by atoms with Gasteiger partial charge < -0.3 is 11.1 Å². The maximum absolute atomic E-state index is 5.83. The van der Waals surface area contributed by atoms with Gasteiger partial charge >= 0.3 is 0 Å². The third-order valence-electron chi connectivity index (χ3n) is 3.65. The summed E-state index contributed by atoms with van der Waals surface area (Å²) >= 11 is 0. The lowest BCUT2D eigenvalue weighted by molar-refractivity contribution is 0.518. The molecular weight excluding hydrogens is 212 g/mol. The molecule has 94 valence electrons. The first-order valence-electron chi connectivity index (χ1n) is 6.64. The minimum absolute atomic E-state index is 0.603. The van der Waals surface area contributed by atoms with E-state index >= 15 is 0 Å². The van der Waals surface area contributed by atoms with Gasteiger partial charge in [0.25, 0.3) is 0 Å². The summed E-state index contributed by atoms with van der Waals surface area (Å²) in [6.45, 7) is 3.07. The maximum atomic E-state index is 5.83. The largest absolute Gasteiger partial charge is 0.383 e. The van der Waals surface area contributed by atoms with E-state index in [4.69, 9.17) is 5.73 Å². The topological polar surface area (TPSA) is 63.8 Å². The van der Waals surface area contributed by atoms with Gasteiger partial charge in [0.05, 0.1) is 0 Å². The van der Waals surface area contributed by atoms with Crippen molar-refractivity contribution in [3.8, 4) is 0 Å². The van der Waals surface area contributed by atoms with Crippen molar-refractivity contribution >= 4 is 11.6 Å². The van der Waals surface area contributed by atoms with Crippen LogP contribution in [0.5, 0.6) is 0 Å². The maximum Gasteiger partial charge on any atom is 0.134 e. The van der Waals surface area contributed by atoms with Crippen LogP contribution in [0.25, 0.3) is 0 Å². The summed E-state index contributed by atoms with van der Waals surface area (Å²) in [5, 5.41) is 3.40. The first-order chi connectivity index (χ1) is 8.31. The first kappa shape index (κ1) is 12.1. The second-order valence-electron chi connectivity index (χ2n) is 4.81. The highest BCUT2D eigenvalue weighted by Crippen LogP contribution is 2.27. The number of anilines is 2. The second kappa shape index (κ2) is 5.84. The van der Waals surface area contributed by atoms with Crippen molar-refractivity contribution in [1.82, 2.24) is 9.97 Å². The molecule has 1 aromatic rings. The standard InChI is InChI=1S/C13H22N4/c1-2-11-12(14)16-9-17-13(11)15-8-7-10-5-3-4-6-10/h9-10H,2-8H2,1H3,(H3,14,15,16,17). The molecule has 1 heterocycles. The minimum atomic E-state index is 0.603. The predicted octanol–water partition coefficient (Wildman–Crippen LogP) is 2.61. The van der Waals surface area contributed by atoms with Crippen molar-refractivity contribution in [2.75, 3.05) is 17.6 Å². The summed E-state index contributed by atoms with van der Waals surface area (Å²) in [5.41, 5.74) is 6.88. The zero-order chi connectivity index (χ0) is 12.1. The van der Waals surface area contributed by atoms with E-state index in [1.807, 2.05) is 0 Å². The highest BCUT2D eigenvalue weighted by Gasteiger charge is 2.14. The summed E-state index contributed by atoms with van der Waals surface area (Å²) in [4.78, 5) is 8.30. The molecule has 0 aromatic carbocycles. The van der Waals surface area contributed by atoms with Crippen molar-refractivity contribution in [2.45, 2.75) is 45.4 Å². The molecule has 0 aliphatic heterocycles. The van der Waals surface area contributed by atoms with Crippen LogP contribution in [-0.2, 0) is 6.42 Å². The third-order valence-corrected chi connectivity index (χ3v) is 3.65. The van der Waals surface area contributed by atoms with E-state index in [-0.39, 0.29) is 0 Å². The van der Waals surface area contributed by atoms with Crippen LogP contribution in [0.4, 0.5) is 11.6 Å². The Labute approximate surface area is 103 Å². The normalized spacial score (nSPS) is 16.3. The van der Waals surface area contributed by atoms with Crippen molar-refractivity contribution in [2.24, 2.45) is 5.92 Å². The molecule has 0 spiro atoms. The molecule has 0 amide bonds. The lowest BCUT2D eigenvalue weighted by atomic mass is 10.0. The van der Waals surface area contributed by atoms with Gasteiger partial charge in [0.2, 0.25) is 0 Å². The number of nitrogens with zero attached hydrogens (tertiary/aromatic N) is 2. The molecule has 2 rings (SSSR count). The van der Waals surface area contributed by atoms with E-state index < -0.39 is 0 Å². The van der Waals surface area contributed by atoms with Crippen molar-refractivity contribution in [1.29, 1.82) is 0 Å². The average molecular weight is 234 g/mol. The average Bonchev–Trinajstić information content (AvgIpc) is 2.82. The summed E-state index contributed by atoms with van der Waals surface area (Å²) in [5.74, 6) is 2.43. The zero-order valence-electron chi connectivity index (χ0n) is 10.6. The molecule has 0 saturated heterocycles. The lowest BCUT2D eigenvalue weighted by Gasteiger charge is -2.13. The molecule has 1 saturated carbocycles. The predicted molar refractivity (Wildman–Crippen MR) is 70.9 cm³/mol. The smallest absolute Gasteiger partial charge is 0.134 e. The van der Waals surface area contributed by atoms with Crippen LogP contribution in [0.1, 0.15) is 44.6 Å². The van der Waals surface area contributed by atoms with Gasteiger partial charge in [-0.2, -0.15) is 0 Å². The highest BCUT2D eigenvalue weighted by atomic mass is 15.0. The first-order valence-corrected chi connectivity index (χ1v) is 6.64. The third kappa shape index (κ3) is 3.08. The number of rotatable bonds is 5. The van der Waals surface area contributed by atoms with Crippen LogP contribution >= 0.6 is 0 Å². The Morgan fingerprint density at radius 3 is 2.82 bits per heavy atom. The second-order valence-corrected chi connectivity index (χ2v) is 4.81. The van der Waals surface area contributed by atoms with Gasteiger partial charge in [0.1, 0.15) is 18.0 Å². The van der Waals surface area contributed by atoms with E-state index in [0.29, 0.717) is 5.82 Å². The van der Waals surface area contributed by atoms with E-state index in [9.17, 15) is 0 Å². The lowest BCUT2D eigenvalue weighted by Crippen LogP contribution is -2.11. The van der Waals surface area contributed by atoms with E-state index in [1.165, 1.54) is 38.4 Å². The van der Waals surface area contributed by atoms with Crippen molar-refractivity contribution in [3.05, 3.63) is 11.9 Å². The Kier molecular flexibility index (Phi) is 4.18. The fourth-order valence-electron chi connectivity index (χ4n) is 2.62. The fourth-order valence-corrected chi connectivity index (χ4v) is 2.62. The molecular formula is C13H22N4. The molecule has 3 N–H and O–H groups in total. The van der Waals surface area contributed by atoms with E-state index in [1.54, 1.807) is 0 Å². The van der Waals surface area contributed by atoms with Crippen molar-refractivity contribution in [3.63, 3.8) is 0 Å². The molecule has 4 nitrogen and oxygen atoms in total. The van der Waals surface area contributed by atoms with Crippen LogP contribution in [-0.4, -0.2) is 16.5 Å². The van der Waals surface area contributed by atoms with Crippen LogP contribution in [0, 0.1) is 5.92 Å². The van der Waals surface area contributed by atoms with Gasteiger partial charge in [0, 0.05) is 12.1 Å². The number of aromatic nitrogens is 2. The van der Waals surface area contributed by atoms with Gasteiger partial charge in [-0.05, 0) is 18.8 Å². The van der Waals surface area contributed by atoms with Crippen molar-refractivity contribution < 1.29 is 0 Å². The summed E-state index contributed by atoms with van der Waals surface area (Å²) < 4.78 is 0. The monoisotopic (exact) mass is 234 g/mol. The number of hydrogen-bond acceptors (Lipinski definition) is 4.